The first-order valence-electron chi connectivity index (χ1n) is 7.79. The van der Waals surface area contributed by atoms with Crippen LogP contribution in [0.15, 0.2) is 67.8 Å². The number of rotatable bonds is 5. The molecule has 0 aromatic heterocycles. The van der Waals surface area contributed by atoms with E-state index in [1.807, 2.05) is 36.4 Å². The summed E-state index contributed by atoms with van der Waals surface area (Å²) in [5.41, 5.74) is 0. The van der Waals surface area contributed by atoms with Crippen molar-refractivity contribution in [2.24, 2.45) is 0 Å². The van der Waals surface area contributed by atoms with E-state index >= 15 is 0 Å². The molecule has 0 atom stereocenters. The molecule has 0 spiro atoms. The highest BCUT2D eigenvalue weighted by Crippen LogP contribution is 2.43. The molecular weight excluding hydrogens is 332 g/mol. The average molecular weight is 348 g/mol. The number of esters is 2. The van der Waals surface area contributed by atoms with E-state index in [2.05, 4.69) is 13.2 Å². The van der Waals surface area contributed by atoms with Gasteiger partial charge < -0.3 is 14.2 Å². The molecule has 0 amide bonds. The standard InChI is InChI=1S/C21H16O5/c1-4-19(22)25-17-12-18(24-3)21(26-20(23)5-2)16-11-14-9-7-6-8-13(14)10-15(16)17/h4-12H,1-2H2,3H3. The van der Waals surface area contributed by atoms with Crippen molar-refractivity contribution in [1.82, 2.24) is 0 Å². The lowest BCUT2D eigenvalue weighted by molar-refractivity contribution is -0.130. The summed E-state index contributed by atoms with van der Waals surface area (Å²) in [4.78, 5) is 23.5. The van der Waals surface area contributed by atoms with E-state index in [0.717, 1.165) is 22.9 Å². The SMILES string of the molecule is C=CC(=O)Oc1cc(OC)c(OC(=O)C=C)c2cc3ccccc3cc12. The Morgan fingerprint density at radius 3 is 2.00 bits per heavy atom. The molecule has 0 aliphatic rings. The van der Waals surface area contributed by atoms with E-state index in [1.165, 1.54) is 13.2 Å². The summed E-state index contributed by atoms with van der Waals surface area (Å²) >= 11 is 0. The minimum Gasteiger partial charge on any atom is -0.493 e. The van der Waals surface area contributed by atoms with Gasteiger partial charge in [0.05, 0.1) is 7.11 Å². The lowest BCUT2D eigenvalue weighted by atomic mass is 10.0. The maximum Gasteiger partial charge on any atom is 0.335 e. The molecule has 0 unspecified atom stereocenters. The van der Waals surface area contributed by atoms with Crippen LogP contribution in [-0.4, -0.2) is 19.0 Å². The van der Waals surface area contributed by atoms with Crippen LogP contribution in [0.1, 0.15) is 0 Å². The molecule has 0 bridgehead atoms. The number of ether oxygens (including phenoxy) is 3. The number of methoxy groups -OCH3 is 1. The minimum absolute atomic E-state index is 0.233. The van der Waals surface area contributed by atoms with Crippen LogP contribution < -0.4 is 14.2 Å². The zero-order chi connectivity index (χ0) is 18.7. The summed E-state index contributed by atoms with van der Waals surface area (Å²) in [7, 11) is 1.44. The van der Waals surface area contributed by atoms with Gasteiger partial charge in [0, 0.05) is 29.0 Å². The first-order valence-corrected chi connectivity index (χ1v) is 7.79. The average Bonchev–Trinajstić information content (AvgIpc) is 2.67. The van der Waals surface area contributed by atoms with Crippen LogP contribution in [0.3, 0.4) is 0 Å². The Balaban J connectivity index is 2.37. The Morgan fingerprint density at radius 2 is 1.42 bits per heavy atom. The van der Waals surface area contributed by atoms with Crippen LogP contribution in [-0.2, 0) is 9.59 Å². The number of carbonyl (C=O) groups is 2. The molecule has 0 aliphatic heterocycles. The van der Waals surface area contributed by atoms with Crippen LogP contribution in [0, 0.1) is 0 Å². The maximum atomic E-state index is 11.8. The van der Waals surface area contributed by atoms with Gasteiger partial charge >= 0.3 is 11.9 Å². The largest absolute Gasteiger partial charge is 0.493 e. The number of hydrogen-bond acceptors (Lipinski definition) is 5. The summed E-state index contributed by atoms with van der Waals surface area (Å²) < 4.78 is 16.1. The van der Waals surface area contributed by atoms with Gasteiger partial charge in [-0.3, -0.25) is 0 Å². The van der Waals surface area contributed by atoms with Crippen LogP contribution in [0.5, 0.6) is 17.2 Å². The van der Waals surface area contributed by atoms with Gasteiger partial charge in [-0.15, -0.1) is 0 Å². The summed E-state index contributed by atoms with van der Waals surface area (Å²) in [5.74, 6) is -0.441. The van der Waals surface area contributed by atoms with Gasteiger partial charge in [-0.2, -0.15) is 0 Å². The van der Waals surface area contributed by atoms with Crippen LogP contribution in [0.25, 0.3) is 21.5 Å². The van der Waals surface area contributed by atoms with E-state index in [0.29, 0.717) is 10.8 Å². The lowest BCUT2D eigenvalue weighted by Crippen LogP contribution is -2.07. The zero-order valence-electron chi connectivity index (χ0n) is 14.2. The topological polar surface area (TPSA) is 61.8 Å². The lowest BCUT2D eigenvalue weighted by Gasteiger charge is -2.15. The molecule has 3 rings (SSSR count). The third-order valence-electron chi connectivity index (χ3n) is 3.85. The summed E-state index contributed by atoms with van der Waals surface area (Å²) in [5, 5.41) is 3.06. The predicted molar refractivity (Wildman–Crippen MR) is 99.7 cm³/mol. The van der Waals surface area contributed by atoms with Crippen molar-refractivity contribution in [2.75, 3.05) is 7.11 Å². The normalized spacial score (nSPS) is 10.3. The van der Waals surface area contributed by atoms with Crippen molar-refractivity contribution in [3.05, 3.63) is 67.8 Å². The van der Waals surface area contributed by atoms with Gasteiger partial charge in [-0.1, -0.05) is 37.4 Å². The number of carbonyl (C=O) groups excluding carboxylic acids is 2. The van der Waals surface area contributed by atoms with E-state index in [9.17, 15) is 9.59 Å². The molecule has 0 aliphatic carbocycles. The fraction of sp³-hybridized carbons (Fsp3) is 0.0476. The number of benzene rings is 3. The summed E-state index contributed by atoms with van der Waals surface area (Å²) in [6.45, 7) is 6.83. The summed E-state index contributed by atoms with van der Waals surface area (Å²) in [6.07, 6.45) is 2.14. The monoisotopic (exact) mass is 348 g/mol. The highest BCUT2D eigenvalue weighted by atomic mass is 16.6. The van der Waals surface area contributed by atoms with Gasteiger partial charge in [-0.05, 0) is 22.9 Å². The number of hydrogen-bond donors (Lipinski definition) is 0. The van der Waals surface area contributed by atoms with Crippen molar-refractivity contribution in [1.29, 1.82) is 0 Å². The molecule has 3 aromatic carbocycles. The highest BCUT2D eigenvalue weighted by molar-refractivity contribution is 6.06. The van der Waals surface area contributed by atoms with Crippen LogP contribution >= 0.6 is 0 Å². The van der Waals surface area contributed by atoms with Crippen molar-refractivity contribution in [3.63, 3.8) is 0 Å². The quantitative estimate of drug-likeness (QED) is 0.299. The maximum absolute atomic E-state index is 11.8. The second kappa shape index (κ2) is 7.11. The van der Waals surface area contributed by atoms with Gasteiger partial charge in [0.15, 0.2) is 11.5 Å². The van der Waals surface area contributed by atoms with Gasteiger partial charge in [0.25, 0.3) is 0 Å². The van der Waals surface area contributed by atoms with E-state index in [1.54, 1.807) is 0 Å². The second-order valence-electron chi connectivity index (χ2n) is 5.40. The van der Waals surface area contributed by atoms with Gasteiger partial charge in [0.2, 0.25) is 0 Å². The third kappa shape index (κ3) is 3.15. The van der Waals surface area contributed by atoms with Gasteiger partial charge in [0.1, 0.15) is 5.75 Å². The zero-order valence-corrected chi connectivity index (χ0v) is 14.2. The van der Waals surface area contributed by atoms with E-state index in [4.69, 9.17) is 14.2 Å². The second-order valence-corrected chi connectivity index (χ2v) is 5.40. The predicted octanol–water partition coefficient (Wildman–Crippen LogP) is 4.18. The van der Waals surface area contributed by atoms with Crippen molar-refractivity contribution < 1.29 is 23.8 Å². The Hall–Kier alpha value is -3.60. The first-order chi connectivity index (χ1) is 12.6. The Labute approximate surface area is 150 Å². The molecule has 0 N–H and O–H groups in total. The fourth-order valence-corrected chi connectivity index (χ4v) is 2.66. The van der Waals surface area contributed by atoms with Gasteiger partial charge in [-0.25, -0.2) is 9.59 Å². The third-order valence-corrected chi connectivity index (χ3v) is 3.85. The molecule has 5 heteroatoms. The molecular formula is C21H16O5. The van der Waals surface area contributed by atoms with Crippen LogP contribution in [0.2, 0.25) is 0 Å². The van der Waals surface area contributed by atoms with Crippen LogP contribution in [0.4, 0.5) is 0 Å². The van der Waals surface area contributed by atoms with E-state index in [-0.39, 0.29) is 17.2 Å². The van der Waals surface area contributed by atoms with Crippen molar-refractivity contribution in [2.45, 2.75) is 0 Å². The van der Waals surface area contributed by atoms with Crippen molar-refractivity contribution >= 4 is 33.5 Å². The molecule has 0 radical (unpaired) electrons. The highest BCUT2D eigenvalue weighted by Gasteiger charge is 2.19. The number of fused-ring (bicyclic) bond motifs is 2. The molecule has 0 saturated carbocycles. The Bertz CT molecular complexity index is 1050. The molecule has 130 valence electrons. The first kappa shape index (κ1) is 17.2. The molecule has 5 nitrogen and oxygen atoms in total. The molecule has 0 saturated heterocycles. The molecule has 3 aromatic rings. The van der Waals surface area contributed by atoms with Crippen molar-refractivity contribution in [3.8, 4) is 17.2 Å². The Kier molecular flexibility index (Phi) is 4.71. The molecule has 0 heterocycles. The smallest absolute Gasteiger partial charge is 0.335 e. The minimum atomic E-state index is -0.617. The molecule has 0 fully saturated rings. The molecule has 26 heavy (non-hydrogen) atoms. The fourth-order valence-electron chi connectivity index (χ4n) is 2.66. The summed E-state index contributed by atoms with van der Waals surface area (Å²) in [6, 6.07) is 12.9. The Morgan fingerprint density at radius 1 is 0.846 bits per heavy atom. The van der Waals surface area contributed by atoms with E-state index < -0.39 is 11.9 Å².